The van der Waals surface area contributed by atoms with Crippen molar-refractivity contribution in [3.63, 3.8) is 0 Å². The predicted molar refractivity (Wildman–Crippen MR) is 72.6 cm³/mol. The molecular formula is C11H15BrN2O4S. The van der Waals surface area contributed by atoms with Crippen molar-refractivity contribution >= 4 is 31.9 Å². The van der Waals surface area contributed by atoms with E-state index in [0.29, 0.717) is 0 Å². The van der Waals surface area contributed by atoms with E-state index in [-0.39, 0.29) is 22.4 Å². The van der Waals surface area contributed by atoms with Crippen LogP contribution in [-0.2, 0) is 14.8 Å². The summed E-state index contributed by atoms with van der Waals surface area (Å²) < 4.78 is 24.5. The van der Waals surface area contributed by atoms with E-state index < -0.39 is 15.9 Å². The van der Waals surface area contributed by atoms with Gasteiger partial charge in [0.05, 0.1) is 4.90 Å². The first-order valence-electron chi connectivity index (χ1n) is 5.52. The number of sulfonamides is 1. The highest BCUT2D eigenvalue weighted by atomic mass is 79.9. The molecule has 0 aromatic heterocycles. The molecule has 106 valence electrons. The van der Waals surface area contributed by atoms with Crippen molar-refractivity contribution in [3.8, 4) is 0 Å². The largest absolute Gasteiger partial charge is 0.271 e. The van der Waals surface area contributed by atoms with Crippen molar-refractivity contribution in [2.45, 2.75) is 25.2 Å². The monoisotopic (exact) mass is 350 g/mol. The Labute approximate surface area is 120 Å². The molecule has 0 unspecified atom stereocenters. The number of hydrazine groups is 1. The Balaban J connectivity index is 2.80. The van der Waals surface area contributed by atoms with Gasteiger partial charge in [0, 0.05) is 10.9 Å². The summed E-state index contributed by atoms with van der Waals surface area (Å²) in [5, 5.41) is 9.41. The summed E-state index contributed by atoms with van der Waals surface area (Å²) in [6.45, 7) is 3.57. The van der Waals surface area contributed by atoms with Gasteiger partial charge in [0.2, 0.25) is 0 Å². The van der Waals surface area contributed by atoms with Crippen LogP contribution < -0.4 is 4.83 Å². The average molecular weight is 351 g/mol. The smallest absolute Gasteiger partial charge is 0.262 e. The summed E-state index contributed by atoms with van der Waals surface area (Å²) in [5.74, 6) is -0.699. The zero-order chi connectivity index (χ0) is 14.6. The third kappa shape index (κ3) is 4.90. The van der Waals surface area contributed by atoms with Crippen molar-refractivity contribution < 1.29 is 18.4 Å². The molecule has 0 aliphatic heterocycles. The number of hydroxylamine groups is 1. The van der Waals surface area contributed by atoms with E-state index in [1.807, 2.05) is 0 Å². The Morgan fingerprint density at radius 3 is 2.37 bits per heavy atom. The van der Waals surface area contributed by atoms with Gasteiger partial charge >= 0.3 is 0 Å². The molecule has 1 aromatic rings. The van der Waals surface area contributed by atoms with Crippen molar-refractivity contribution in [2.24, 2.45) is 5.92 Å². The van der Waals surface area contributed by atoms with E-state index in [9.17, 15) is 18.4 Å². The minimum atomic E-state index is -3.97. The maximum Gasteiger partial charge on any atom is 0.262 e. The highest BCUT2D eigenvalue weighted by Gasteiger charge is 2.21. The number of benzene rings is 1. The number of carbonyl (C=O) groups excluding carboxylic acids is 1. The molecule has 1 amide bonds. The van der Waals surface area contributed by atoms with E-state index in [2.05, 4.69) is 15.9 Å². The van der Waals surface area contributed by atoms with Crippen LogP contribution >= 0.6 is 15.9 Å². The average Bonchev–Trinajstić information content (AvgIpc) is 2.27. The summed E-state index contributed by atoms with van der Waals surface area (Å²) in [7, 11) is -3.97. The van der Waals surface area contributed by atoms with Crippen LogP contribution in [0.15, 0.2) is 33.6 Å². The number of amides is 1. The van der Waals surface area contributed by atoms with Crippen LogP contribution in [0.1, 0.15) is 20.3 Å². The first kappa shape index (κ1) is 16.1. The molecular weight excluding hydrogens is 336 g/mol. The maximum atomic E-state index is 11.9. The minimum Gasteiger partial charge on any atom is -0.271 e. The van der Waals surface area contributed by atoms with Gasteiger partial charge < -0.3 is 0 Å². The van der Waals surface area contributed by atoms with Gasteiger partial charge in [0.1, 0.15) is 0 Å². The van der Waals surface area contributed by atoms with Crippen molar-refractivity contribution in [1.29, 1.82) is 0 Å². The van der Waals surface area contributed by atoms with E-state index in [4.69, 9.17) is 0 Å². The number of hydrogen-bond donors (Lipinski definition) is 2. The van der Waals surface area contributed by atoms with Gasteiger partial charge in [0.15, 0.2) is 0 Å². The molecule has 2 N–H and O–H groups in total. The molecule has 0 atom stereocenters. The second kappa shape index (κ2) is 6.47. The highest BCUT2D eigenvalue weighted by Crippen LogP contribution is 2.14. The van der Waals surface area contributed by atoms with Crippen LogP contribution in [-0.4, -0.2) is 24.7 Å². The van der Waals surface area contributed by atoms with Gasteiger partial charge in [-0.1, -0.05) is 34.6 Å². The third-order valence-electron chi connectivity index (χ3n) is 2.15. The van der Waals surface area contributed by atoms with Crippen molar-refractivity contribution in [1.82, 2.24) is 10.0 Å². The van der Waals surface area contributed by atoms with Gasteiger partial charge in [-0.15, -0.1) is 5.17 Å². The topological polar surface area (TPSA) is 86.7 Å². The molecule has 0 spiro atoms. The zero-order valence-corrected chi connectivity index (χ0v) is 12.9. The van der Waals surface area contributed by atoms with Gasteiger partial charge in [-0.3, -0.25) is 10.0 Å². The number of nitrogens with one attached hydrogen (secondary N) is 1. The molecule has 6 nitrogen and oxygen atoms in total. The number of hydrogen-bond acceptors (Lipinski definition) is 4. The lowest BCUT2D eigenvalue weighted by molar-refractivity contribution is -0.173. The number of carbonyl (C=O) groups is 1. The van der Waals surface area contributed by atoms with E-state index in [0.717, 1.165) is 4.47 Å². The lowest BCUT2D eigenvalue weighted by Crippen LogP contribution is -2.44. The first-order chi connectivity index (χ1) is 8.72. The zero-order valence-electron chi connectivity index (χ0n) is 10.5. The molecule has 8 heteroatoms. The predicted octanol–water partition coefficient (Wildman–Crippen LogP) is 1.91. The fraction of sp³-hybridized carbons (Fsp3) is 0.364. The number of rotatable bonds is 5. The molecule has 0 radical (unpaired) electrons. The third-order valence-corrected chi connectivity index (χ3v) is 3.98. The van der Waals surface area contributed by atoms with Crippen LogP contribution in [0.3, 0.4) is 0 Å². The first-order valence-corrected chi connectivity index (χ1v) is 7.80. The highest BCUT2D eigenvalue weighted by molar-refractivity contribution is 9.10. The normalized spacial score (nSPS) is 11.6. The lowest BCUT2D eigenvalue weighted by atomic mass is 10.1. The molecule has 0 heterocycles. The van der Waals surface area contributed by atoms with Gasteiger partial charge in [-0.2, -0.15) is 0 Å². The summed E-state index contributed by atoms with van der Waals surface area (Å²) in [6, 6.07) is 5.80. The van der Waals surface area contributed by atoms with Gasteiger partial charge in [0.25, 0.3) is 15.9 Å². The van der Waals surface area contributed by atoms with Crippen molar-refractivity contribution in [3.05, 3.63) is 28.7 Å². The fourth-order valence-corrected chi connectivity index (χ4v) is 2.46. The quantitative estimate of drug-likeness (QED) is 0.627. The molecule has 19 heavy (non-hydrogen) atoms. The number of nitrogens with zero attached hydrogens (tertiary/aromatic N) is 1. The van der Waals surface area contributed by atoms with Crippen LogP contribution in [0.4, 0.5) is 0 Å². The van der Waals surface area contributed by atoms with E-state index in [1.165, 1.54) is 12.1 Å². The maximum absolute atomic E-state index is 11.9. The molecule has 0 fully saturated rings. The standard InChI is InChI=1S/C11H15BrN2O4S/c1-8(2)7-11(15)14(16)13-19(17,18)10-5-3-9(12)4-6-10/h3-6,8,13,16H,7H2,1-2H3. The van der Waals surface area contributed by atoms with Crippen LogP contribution in [0.5, 0.6) is 0 Å². The van der Waals surface area contributed by atoms with Gasteiger partial charge in [-0.05, 0) is 30.2 Å². The second-order valence-electron chi connectivity index (χ2n) is 4.35. The molecule has 1 rings (SSSR count). The van der Waals surface area contributed by atoms with Crippen molar-refractivity contribution in [2.75, 3.05) is 0 Å². The van der Waals surface area contributed by atoms with Crippen LogP contribution in [0, 0.1) is 5.92 Å². The molecule has 0 bridgehead atoms. The lowest BCUT2D eigenvalue weighted by Gasteiger charge is -2.17. The molecule has 0 aliphatic rings. The van der Waals surface area contributed by atoms with Crippen LogP contribution in [0.25, 0.3) is 0 Å². The summed E-state index contributed by atoms with van der Waals surface area (Å²) in [5.41, 5.74) is 0. The Morgan fingerprint density at radius 1 is 1.37 bits per heavy atom. The van der Waals surface area contributed by atoms with Crippen LogP contribution in [0.2, 0.25) is 0 Å². The second-order valence-corrected chi connectivity index (χ2v) is 6.93. The minimum absolute atomic E-state index is 0.0113. The molecule has 0 aliphatic carbocycles. The van der Waals surface area contributed by atoms with Gasteiger partial charge in [-0.25, -0.2) is 8.42 Å². The number of halogens is 1. The fourth-order valence-electron chi connectivity index (χ4n) is 1.27. The molecule has 0 saturated carbocycles. The Hall–Kier alpha value is -0.960. The Kier molecular flexibility index (Phi) is 5.48. The molecule has 0 saturated heterocycles. The SMILES string of the molecule is CC(C)CC(=O)N(O)NS(=O)(=O)c1ccc(Br)cc1. The summed E-state index contributed by atoms with van der Waals surface area (Å²) >= 11 is 3.18. The molecule has 1 aromatic carbocycles. The summed E-state index contributed by atoms with van der Waals surface area (Å²) in [4.78, 5) is 13.2. The summed E-state index contributed by atoms with van der Waals surface area (Å²) in [6.07, 6.45) is 0.0410. The Morgan fingerprint density at radius 2 is 1.89 bits per heavy atom. The Bertz CT molecular complexity index is 542. The van der Waals surface area contributed by atoms with E-state index in [1.54, 1.807) is 30.8 Å². The van der Waals surface area contributed by atoms with E-state index >= 15 is 0 Å².